The smallest absolute Gasteiger partial charge is 0.260 e. The predicted octanol–water partition coefficient (Wildman–Crippen LogP) is -0.701. The SMILES string of the molecule is CNCc1c(S(=O)(=O)NCc2ncon2)n[nH]c1C. The van der Waals surface area contributed by atoms with Crippen LogP contribution >= 0.6 is 0 Å². The van der Waals surface area contributed by atoms with Crippen LogP contribution in [0.3, 0.4) is 0 Å². The van der Waals surface area contributed by atoms with Crippen LogP contribution in [0.4, 0.5) is 0 Å². The molecule has 0 saturated heterocycles. The van der Waals surface area contributed by atoms with E-state index in [1.54, 1.807) is 14.0 Å². The van der Waals surface area contributed by atoms with E-state index in [1.165, 1.54) is 0 Å². The van der Waals surface area contributed by atoms with Gasteiger partial charge in [-0.2, -0.15) is 10.1 Å². The van der Waals surface area contributed by atoms with Gasteiger partial charge in [0.15, 0.2) is 10.9 Å². The first-order valence-electron chi connectivity index (χ1n) is 5.48. The van der Waals surface area contributed by atoms with Gasteiger partial charge in [0, 0.05) is 17.8 Å². The van der Waals surface area contributed by atoms with Crippen LogP contribution in [0.2, 0.25) is 0 Å². The van der Waals surface area contributed by atoms with E-state index in [2.05, 4.69) is 34.9 Å². The van der Waals surface area contributed by atoms with Crippen molar-refractivity contribution in [2.75, 3.05) is 7.05 Å². The molecule has 0 atom stereocenters. The molecule has 2 rings (SSSR count). The number of aromatic amines is 1. The molecule has 0 fully saturated rings. The second kappa shape index (κ2) is 5.47. The fourth-order valence-electron chi connectivity index (χ4n) is 1.54. The quantitative estimate of drug-likeness (QED) is 0.641. The molecule has 0 spiro atoms. The zero-order chi connectivity index (χ0) is 13.9. The fraction of sp³-hybridized carbons (Fsp3) is 0.444. The van der Waals surface area contributed by atoms with E-state index in [4.69, 9.17) is 0 Å². The Morgan fingerprint density at radius 3 is 2.84 bits per heavy atom. The highest BCUT2D eigenvalue weighted by Gasteiger charge is 2.23. The van der Waals surface area contributed by atoms with Crippen LogP contribution < -0.4 is 10.0 Å². The van der Waals surface area contributed by atoms with E-state index in [1.807, 2.05) is 0 Å². The van der Waals surface area contributed by atoms with Crippen molar-refractivity contribution in [1.29, 1.82) is 0 Å². The van der Waals surface area contributed by atoms with Crippen molar-refractivity contribution in [2.45, 2.75) is 25.0 Å². The second-order valence-corrected chi connectivity index (χ2v) is 5.52. The zero-order valence-electron chi connectivity index (χ0n) is 10.5. The Balaban J connectivity index is 2.19. The lowest BCUT2D eigenvalue weighted by molar-refractivity contribution is 0.409. The van der Waals surface area contributed by atoms with Gasteiger partial charge < -0.3 is 9.84 Å². The van der Waals surface area contributed by atoms with Crippen molar-refractivity contribution in [3.05, 3.63) is 23.5 Å². The summed E-state index contributed by atoms with van der Waals surface area (Å²) >= 11 is 0. The predicted molar refractivity (Wildman–Crippen MR) is 64.4 cm³/mol. The molecule has 2 aromatic rings. The lowest BCUT2D eigenvalue weighted by Crippen LogP contribution is -2.25. The molecule has 0 amide bonds. The normalized spacial score (nSPS) is 11.9. The zero-order valence-corrected chi connectivity index (χ0v) is 11.3. The van der Waals surface area contributed by atoms with Crippen molar-refractivity contribution >= 4 is 10.0 Å². The van der Waals surface area contributed by atoms with Gasteiger partial charge in [-0.05, 0) is 14.0 Å². The number of sulfonamides is 1. The van der Waals surface area contributed by atoms with Gasteiger partial charge in [0.25, 0.3) is 10.0 Å². The molecule has 19 heavy (non-hydrogen) atoms. The minimum atomic E-state index is -3.72. The minimum Gasteiger partial charge on any atom is -0.343 e. The maximum absolute atomic E-state index is 12.1. The van der Waals surface area contributed by atoms with Crippen LogP contribution in [0.1, 0.15) is 17.1 Å². The molecular formula is C9H14N6O3S. The maximum Gasteiger partial charge on any atom is 0.260 e. The van der Waals surface area contributed by atoms with Gasteiger partial charge in [-0.3, -0.25) is 5.10 Å². The molecule has 0 bridgehead atoms. The van der Waals surface area contributed by atoms with Gasteiger partial charge in [0.2, 0.25) is 6.39 Å². The first-order valence-corrected chi connectivity index (χ1v) is 6.96. The van der Waals surface area contributed by atoms with E-state index in [0.29, 0.717) is 17.8 Å². The van der Waals surface area contributed by atoms with Crippen LogP contribution in [0.25, 0.3) is 0 Å². The molecule has 0 aliphatic carbocycles. The second-order valence-electron chi connectivity index (χ2n) is 3.83. The molecule has 2 aromatic heterocycles. The number of rotatable bonds is 6. The van der Waals surface area contributed by atoms with Crippen molar-refractivity contribution in [3.8, 4) is 0 Å². The summed E-state index contributed by atoms with van der Waals surface area (Å²) in [7, 11) is -1.99. The average molecular weight is 286 g/mol. The number of hydrogen-bond acceptors (Lipinski definition) is 7. The summed E-state index contributed by atoms with van der Waals surface area (Å²) in [5.74, 6) is 0.256. The maximum atomic E-state index is 12.1. The molecule has 0 aliphatic heterocycles. The van der Waals surface area contributed by atoms with Crippen molar-refractivity contribution in [3.63, 3.8) is 0 Å². The highest BCUT2D eigenvalue weighted by Crippen LogP contribution is 2.15. The summed E-state index contributed by atoms with van der Waals surface area (Å²) in [6, 6.07) is 0. The Kier molecular flexibility index (Phi) is 3.93. The number of nitrogens with one attached hydrogen (secondary N) is 3. The summed E-state index contributed by atoms with van der Waals surface area (Å²) in [6.07, 6.45) is 1.13. The molecule has 104 valence electrons. The molecule has 3 N–H and O–H groups in total. The van der Waals surface area contributed by atoms with E-state index in [9.17, 15) is 8.42 Å². The summed E-state index contributed by atoms with van der Waals surface area (Å²) in [5, 5.41) is 12.9. The Labute approximate surface area is 109 Å². The summed E-state index contributed by atoms with van der Waals surface area (Å²) in [5.41, 5.74) is 1.30. The van der Waals surface area contributed by atoms with E-state index >= 15 is 0 Å². The number of H-pyrrole nitrogens is 1. The Morgan fingerprint density at radius 1 is 1.42 bits per heavy atom. The Bertz CT molecular complexity index is 633. The number of hydrogen-bond donors (Lipinski definition) is 3. The van der Waals surface area contributed by atoms with Gasteiger partial charge in [-0.1, -0.05) is 5.16 Å². The van der Waals surface area contributed by atoms with Crippen LogP contribution in [0.5, 0.6) is 0 Å². The lowest BCUT2D eigenvalue weighted by atomic mass is 10.3. The Hall–Kier alpha value is -1.78. The molecule has 0 unspecified atom stereocenters. The third kappa shape index (κ3) is 2.97. The highest BCUT2D eigenvalue weighted by molar-refractivity contribution is 7.89. The van der Waals surface area contributed by atoms with E-state index in [-0.39, 0.29) is 17.4 Å². The van der Waals surface area contributed by atoms with Gasteiger partial charge in [-0.25, -0.2) is 13.1 Å². The summed E-state index contributed by atoms with van der Waals surface area (Å²) < 4.78 is 31.1. The van der Waals surface area contributed by atoms with E-state index < -0.39 is 10.0 Å². The third-order valence-corrected chi connectivity index (χ3v) is 3.84. The standard InChI is InChI=1S/C9H14N6O3S/c1-6-7(3-10-2)9(14-13-6)19(16,17)12-4-8-11-5-18-15-8/h5,10,12H,3-4H2,1-2H3,(H,13,14). The molecule has 0 aromatic carbocycles. The topological polar surface area (TPSA) is 126 Å². The van der Waals surface area contributed by atoms with Crippen LogP contribution in [0.15, 0.2) is 15.9 Å². The van der Waals surface area contributed by atoms with Gasteiger partial charge in [-0.15, -0.1) is 0 Å². The lowest BCUT2D eigenvalue weighted by Gasteiger charge is -2.05. The first kappa shape index (κ1) is 13.6. The van der Waals surface area contributed by atoms with Gasteiger partial charge in [0.05, 0.1) is 6.54 Å². The van der Waals surface area contributed by atoms with Crippen molar-refractivity contribution < 1.29 is 12.9 Å². The summed E-state index contributed by atoms with van der Waals surface area (Å²) in [4.78, 5) is 3.73. The van der Waals surface area contributed by atoms with Gasteiger partial charge in [0.1, 0.15) is 0 Å². The van der Waals surface area contributed by atoms with Crippen LogP contribution in [-0.2, 0) is 23.1 Å². The molecule has 0 aliphatic rings. The van der Waals surface area contributed by atoms with Crippen LogP contribution in [-0.4, -0.2) is 35.8 Å². The van der Waals surface area contributed by atoms with E-state index in [0.717, 1.165) is 6.39 Å². The largest absolute Gasteiger partial charge is 0.343 e. The van der Waals surface area contributed by atoms with Gasteiger partial charge >= 0.3 is 0 Å². The molecule has 0 radical (unpaired) electrons. The molecule has 0 saturated carbocycles. The fourth-order valence-corrected chi connectivity index (χ4v) is 2.71. The summed E-state index contributed by atoms with van der Waals surface area (Å²) in [6.45, 7) is 2.11. The molecular weight excluding hydrogens is 272 g/mol. The first-order chi connectivity index (χ1) is 9.04. The molecule has 2 heterocycles. The number of aromatic nitrogens is 4. The number of nitrogens with zero attached hydrogens (tertiary/aromatic N) is 3. The Morgan fingerprint density at radius 2 is 2.21 bits per heavy atom. The monoisotopic (exact) mass is 286 g/mol. The average Bonchev–Trinajstić information content (AvgIpc) is 2.99. The minimum absolute atomic E-state index is 0.0251. The number of aryl methyl sites for hydroxylation is 1. The van der Waals surface area contributed by atoms with Crippen LogP contribution in [0, 0.1) is 6.92 Å². The third-order valence-electron chi connectivity index (χ3n) is 2.47. The highest BCUT2D eigenvalue weighted by atomic mass is 32.2. The van der Waals surface area contributed by atoms with Crippen molar-refractivity contribution in [1.82, 2.24) is 30.4 Å². The molecule has 10 heteroatoms. The van der Waals surface area contributed by atoms with Crippen molar-refractivity contribution in [2.24, 2.45) is 0 Å². The molecule has 9 nitrogen and oxygen atoms in total.